The number of rotatable bonds is 4. The van der Waals surface area contributed by atoms with Gasteiger partial charge in [0, 0.05) is 5.18 Å². The third-order valence-electron chi connectivity index (χ3n) is 0.553. The molecule has 0 rings (SSSR count). The number of aliphatic carboxylic acids is 1. The monoisotopic (exact) mass is 163 g/mol. The summed E-state index contributed by atoms with van der Waals surface area (Å²) >= 11 is 0.851. The summed E-state index contributed by atoms with van der Waals surface area (Å²) in [6.07, 6.45) is 0. The van der Waals surface area contributed by atoms with Crippen LogP contribution in [0.5, 0.6) is 0 Å². The van der Waals surface area contributed by atoms with Crippen LogP contribution in [0.15, 0.2) is 5.18 Å². The molecule has 0 fully saturated rings. The van der Waals surface area contributed by atoms with Crippen molar-refractivity contribution < 1.29 is 14.7 Å². The predicted molar refractivity (Wildman–Crippen MR) is 35.8 cm³/mol. The highest BCUT2D eigenvalue weighted by atomic mass is 32.2. The quantitative estimate of drug-likeness (QED) is 0.594. The summed E-state index contributed by atoms with van der Waals surface area (Å²) < 4.78 is 0. The molecule has 0 heterocycles. The van der Waals surface area contributed by atoms with Crippen LogP contribution in [0, 0.1) is 4.91 Å². The van der Waals surface area contributed by atoms with Crippen molar-refractivity contribution >= 4 is 23.6 Å². The molecule has 56 valence electrons. The molecule has 0 saturated carbocycles. The molecule has 5 nitrogen and oxygen atoms in total. The highest BCUT2D eigenvalue weighted by molar-refractivity contribution is 8.00. The number of hydrogen-bond donors (Lipinski definition) is 1. The Morgan fingerprint density at radius 2 is 2.00 bits per heavy atom. The van der Waals surface area contributed by atoms with E-state index in [-0.39, 0.29) is 11.5 Å². The Hall–Kier alpha value is -0.910. The van der Waals surface area contributed by atoms with Crippen molar-refractivity contribution in [1.82, 2.24) is 0 Å². The lowest BCUT2D eigenvalue weighted by atomic mass is 10.8. The Labute approximate surface area is 60.8 Å². The third-order valence-corrected chi connectivity index (χ3v) is 1.46. The van der Waals surface area contributed by atoms with Crippen molar-refractivity contribution in [2.45, 2.75) is 0 Å². The van der Waals surface area contributed by atoms with Crippen LogP contribution in [-0.4, -0.2) is 28.5 Å². The van der Waals surface area contributed by atoms with Gasteiger partial charge in [-0.25, -0.2) is 0 Å². The van der Waals surface area contributed by atoms with Gasteiger partial charge in [-0.3, -0.25) is 9.59 Å². The SMILES string of the molecule is O=NC(=O)CSCC(=O)O. The van der Waals surface area contributed by atoms with Gasteiger partial charge in [-0.2, -0.15) is 0 Å². The summed E-state index contributed by atoms with van der Waals surface area (Å²) in [7, 11) is 0. The summed E-state index contributed by atoms with van der Waals surface area (Å²) in [6.45, 7) is 0. The summed E-state index contributed by atoms with van der Waals surface area (Å²) in [5.74, 6) is -2.17. The van der Waals surface area contributed by atoms with E-state index in [0.29, 0.717) is 0 Å². The van der Waals surface area contributed by atoms with E-state index in [1.807, 2.05) is 0 Å². The van der Waals surface area contributed by atoms with Crippen molar-refractivity contribution in [3.63, 3.8) is 0 Å². The minimum absolute atomic E-state index is 0.157. The Morgan fingerprint density at radius 1 is 1.40 bits per heavy atom. The standard InChI is InChI=1S/C4H5NO4S/c6-3(5-9)1-10-2-4(7)8/h1-2H2,(H,7,8). The first-order chi connectivity index (χ1) is 4.66. The number of carbonyl (C=O) groups is 2. The highest BCUT2D eigenvalue weighted by Crippen LogP contribution is 1.98. The zero-order chi connectivity index (χ0) is 7.98. The van der Waals surface area contributed by atoms with Crippen LogP contribution in [0.3, 0.4) is 0 Å². The fourth-order valence-electron chi connectivity index (χ4n) is 0.252. The van der Waals surface area contributed by atoms with Gasteiger partial charge in [0.15, 0.2) is 0 Å². The van der Waals surface area contributed by atoms with Gasteiger partial charge in [0.2, 0.25) is 0 Å². The van der Waals surface area contributed by atoms with E-state index < -0.39 is 11.9 Å². The summed E-state index contributed by atoms with van der Waals surface area (Å²) in [6, 6.07) is 0. The van der Waals surface area contributed by atoms with E-state index >= 15 is 0 Å². The molecule has 0 aromatic rings. The third kappa shape index (κ3) is 5.23. The zero-order valence-electron chi connectivity index (χ0n) is 4.94. The molecule has 0 atom stereocenters. The Kier molecular flexibility index (Phi) is 4.47. The molecule has 10 heavy (non-hydrogen) atoms. The van der Waals surface area contributed by atoms with Crippen molar-refractivity contribution in [1.29, 1.82) is 0 Å². The number of amides is 1. The van der Waals surface area contributed by atoms with Gasteiger partial charge < -0.3 is 5.11 Å². The van der Waals surface area contributed by atoms with Crippen LogP contribution >= 0.6 is 11.8 Å². The second-order valence-electron chi connectivity index (χ2n) is 1.37. The van der Waals surface area contributed by atoms with E-state index in [2.05, 4.69) is 5.18 Å². The number of nitrogens with zero attached hydrogens (tertiary/aromatic N) is 1. The average molecular weight is 163 g/mol. The molecule has 0 radical (unpaired) electrons. The molecular weight excluding hydrogens is 158 g/mol. The van der Waals surface area contributed by atoms with Crippen LogP contribution in [0.1, 0.15) is 0 Å². The Bertz CT molecular complexity index is 157. The number of carbonyl (C=O) groups excluding carboxylic acids is 1. The molecule has 0 unspecified atom stereocenters. The maximum atomic E-state index is 10.1. The lowest BCUT2D eigenvalue weighted by Crippen LogP contribution is -2.02. The smallest absolute Gasteiger partial charge is 0.313 e. The van der Waals surface area contributed by atoms with Gasteiger partial charge in [0.1, 0.15) is 0 Å². The predicted octanol–water partition coefficient (Wildman–Crippen LogP) is 0.0972. The van der Waals surface area contributed by atoms with E-state index in [0.717, 1.165) is 11.8 Å². The minimum Gasteiger partial charge on any atom is -0.481 e. The molecule has 0 aliphatic rings. The molecule has 6 heteroatoms. The number of carboxylic acid groups (broad SMARTS) is 1. The first-order valence-electron chi connectivity index (χ1n) is 2.32. The van der Waals surface area contributed by atoms with Crippen molar-refractivity contribution in [2.75, 3.05) is 11.5 Å². The molecule has 1 N–H and O–H groups in total. The minimum atomic E-state index is -1.01. The first-order valence-corrected chi connectivity index (χ1v) is 3.48. The van der Waals surface area contributed by atoms with Crippen LogP contribution in [0.4, 0.5) is 0 Å². The molecule has 0 bridgehead atoms. The van der Waals surface area contributed by atoms with Crippen molar-refractivity contribution in [3.05, 3.63) is 4.91 Å². The van der Waals surface area contributed by atoms with Gasteiger partial charge in [-0.1, -0.05) is 0 Å². The molecule has 0 spiro atoms. The molecule has 0 aliphatic carbocycles. The van der Waals surface area contributed by atoms with Crippen LogP contribution < -0.4 is 0 Å². The Balaban J connectivity index is 3.28. The van der Waals surface area contributed by atoms with Gasteiger partial charge in [-0.05, 0) is 0 Å². The second-order valence-corrected chi connectivity index (χ2v) is 2.36. The van der Waals surface area contributed by atoms with Crippen LogP contribution in [-0.2, 0) is 9.59 Å². The zero-order valence-corrected chi connectivity index (χ0v) is 5.76. The maximum Gasteiger partial charge on any atom is 0.313 e. The number of thioether (sulfide) groups is 1. The van der Waals surface area contributed by atoms with Crippen molar-refractivity contribution in [2.24, 2.45) is 5.18 Å². The summed E-state index contributed by atoms with van der Waals surface area (Å²) in [5, 5.41) is 10.1. The molecule has 1 amide bonds. The molecular formula is C4H5NO4S. The van der Waals surface area contributed by atoms with E-state index in [1.54, 1.807) is 0 Å². The largest absolute Gasteiger partial charge is 0.481 e. The lowest BCUT2D eigenvalue weighted by molar-refractivity contribution is -0.133. The van der Waals surface area contributed by atoms with Gasteiger partial charge in [0.05, 0.1) is 11.5 Å². The number of nitroso groups, excluding NO2 is 1. The average Bonchev–Trinajstić information content (AvgIpc) is 1.87. The molecule has 0 saturated heterocycles. The van der Waals surface area contributed by atoms with E-state index in [1.165, 1.54) is 0 Å². The lowest BCUT2D eigenvalue weighted by Gasteiger charge is -1.88. The van der Waals surface area contributed by atoms with E-state index in [9.17, 15) is 14.5 Å². The van der Waals surface area contributed by atoms with E-state index in [4.69, 9.17) is 5.11 Å². The van der Waals surface area contributed by atoms with Crippen molar-refractivity contribution in [3.8, 4) is 0 Å². The topological polar surface area (TPSA) is 83.8 Å². The maximum absolute atomic E-state index is 10.1. The number of carboxylic acids is 1. The van der Waals surface area contributed by atoms with Crippen LogP contribution in [0.25, 0.3) is 0 Å². The fourth-order valence-corrected chi connectivity index (χ4v) is 0.756. The summed E-state index contributed by atoms with van der Waals surface area (Å²) in [5.41, 5.74) is 0. The Morgan fingerprint density at radius 3 is 2.40 bits per heavy atom. The first kappa shape index (κ1) is 9.09. The fraction of sp³-hybridized carbons (Fsp3) is 0.500. The second kappa shape index (κ2) is 4.92. The molecule has 0 aromatic heterocycles. The molecule has 0 aromatic carbocycles. The summed E-state index contributed by atoms with van der Waals surface area (Å²) in [4.78, 5) is 29.3. The highest BCUT2D eigenvalue weighted by Gasteiger charge is 2.02. The normalized spacial score (nSPS) is 8.80. The van der Waals surface area contributed by atoms with Gasteiger partial charge in [-0.15, -0.1) is 16.7 Å². The molecule has 0 aliphatic heterocycles. The van der Waals surface area contributed by atoms with Gasteiger partial charge in [0.25, 0.3) is 5.91 Å². The van der Waals surface area contributed by atoms with Crippen LogP contribution in [0.2, 0.25) is 0 Å². The van der Waals surface area contributed by atoms with Gasteiger partial charge >= 0.3 is 5.97 Å². The number of hydrogen-bond acceptors (Lipinski definition) is 4.